The topological polar surface area (TPSA) is 46.3 Å². The maximum Gasteiger partial charge on any atom is 0.264 e. The number of nitrogens with zero attached hydrogens (tertiary/aromatic N) is 1. The predicted molar refractivity (Wildman–Crippen MR) is 80.9 cm³/mol. The van der Waals surface area contributed by atoms with Crippen LogP contribution in [-0.4, -0.2) is 17.4 Å². The lowest BCUT2D eigenvalue weighted by Crippen LogP contribution is -2.37. The maximum absolute atomic E-state index is 12.6. The van der Waals surface area contributed by atoms with Gasteiger partial charge in [-0.1, -0.05) is 0 Å². The van der Waals surface area contributed by atoms with Crippen molar-refractivity contribution in [1.82, 2.24) is 4.90 Å². The van der Waals surface area contributed by atoms with Crippen molar-refractivity contribution in [1.29, 1.82) is 0 Å². The van der Waals surface area contributed by atoms with Crippen LogP contribution in [0.1, 0.15) is 38.0 Å². The highest BCUT2D eigenvalue weighted by Crippen LogP contribution is 2.35. The molecule has 100 valence electrons. The molecule has 0 bridgehead atoms. The summed E-state index contributed by atoms with van der Waals surface area (Å²) < 4.78 is 0. The Hall–Kier alpha value is -1.33. The van der Waals surface area contributed by atoms with Gasteiger partial charge in [-0.2, -0.15) is 0 Å². The van der Waals surface area contributed by atoms with Gasteiger partial charge in [0.1, 0.15) is 0 Å². The van der Waals surface area contributed by atoms with Crippen molar-refractivity contribution in [3.63, 3.8) is 0 Å². The van der Waals surface area contributed by atoms with E-state index >= 15 is 0 Å². The molecule has 1 atom stereocenters. The first kappa shape index (κ1) is 12.7. The number of anilines is 1. The second-order valence-electron chi connectivity index (χ2n) is 4.85. The number of rotatable bonds is 1. The minimum absolute atomic E-state index is 0.106. The van der Waals surface area contributed by atoms with Gasteiger partial charge in [0, 0.05) is 22.0 Å². The van der Waals surface area contributed by atoms with Crippen molar-refractivity contribution in [2.45, 2.75) is 26.3 Å². The van der Waals surface area contributed by atoms with Gasteiger partial charge in [-0.3, -0.25) is 4.79 Å². The Morgan fingerprint density at radius 3 is 3.00 bits per heavy atom. The van der Waals surface area contributed by atoms with Gasteiger partial charge >= 0.3 is 0 Å². The van der Waals surface area contributed by atoms with Crippen LogP contribution in [0.25, 0.3) is 0 Å². The number of carbonyl (C=O) groups excluding carboxylic acids is 1. The van der Waals surface area contributed by atoms with Gasteiger partial charge in [0.05, 0.1) is 10.9 Å². The van der Waals surface area contributed by atoms with Gasteiger partial charge in [0.25, 0.3) is 5.91 Å². The quantitative estimate of drug-likeness (QED) is 0.875. The lowest BCUT2D eigenvalue weighted by atomic mass is 10.0. The fourth-order valence-corrected chi connectivity index (χ4v) is 4.39. The molecule has 0 aromatic carbocycles. The molecule has 0 saturated carbocycles. The summed E-state index contributed by atoms with van der Waals surface area (Å²) in [5.74, 6) is 0.106. The van der Waals surface area contributed by atoms with Crippen LogP contribution in [0, 0.1) is 6.92 Å². The van der Waals surface area contributed by atoms with E-state index < -0.39 is 0 Å². The summed E-state index contributed by atoms with van der Waals surface area (Å²) in [4.78, 5) is 17.7. The van der Waals surface area contributed by atoms with E-state index in [2.05, 4.69) is 18.4 Å². The third-order valence-electron chi connectivity index (χ3n) is 3.71. The second-order valence-corrected chi connectivity index (χ2v) is 7.10. The number of aryl methyl sites for hydroxylation is 1. The van der Waals surface area contributed by atoms with E-state index in [1.807, 2.05) is 11.8 Å². The molecule has 5 heteroatoms. The molecular weight excluding hydrogens is 276 g/mol. The SMILES string of the molecule is Cc1sc(C(=O)N2CCc3sccc3C2C)cc1N. The molecule has 0 saturated heterocycles. The summed E-state index contributed by atoms with van der Waals surface area (Å²) >= 11 is 3.28. The summed E-state index contributed by atoms with van der Waals surface area (Å²) in [7, 11) is 0. The molecule has 19 heavy (non-hydrogen) atoms. The van der Waals surface area contributed by atoms with E-state index in [1.165, 1.54) is 21.8 Å². The molecule has 1 aliphatic rings. The van der Waals surface area contributed by atoms with E-state index in [0.29, 0.717) is 5.69 Å². The van der Waals surface area contributed by atoms with E-state index in [4.69, 9.17) is 5.73 Å². The van der Waals surface area contributed by atoms with Crippen molar-refractivity contribution in [2.75, 3.05) is 12.3 Å². The fourth-order valence-electron chi connectivity index (χ4n) is 2.53. The number of hydrogen-bond donors (Lipinski definition) is 1. The van der Waals surface area contributed by atoms with Crippen molar-refractivity contribution >= 4 is 34.3 Å². The van der Waals surface area contributed by atoms with Gasteiger partial charge in [-0.15, -0.1) is 22.7 Å². The van der Waals surface area contributed by atoms with Crippen LogP contribution >= 0.6 is 22.7 Å². The fraction of sp³-hybridized carbons (Fsp3) is 0.357. The van der Waals surface area contributed by atoms with Crippen LogP contribution in [-0.2, 0) is 6.42 Å². The van der Waals surface area contributed by atoms with E-state index in [0.717, 1.165) is 22.7 Å². The molecular formula is C14H16N2OS2. The Labute approximate surface area is 120 Å². The highest BCUT2D eigenvalue weighted by atomic mass is 32.1. The maximum atomic E-state index is 12.6. The Balaban J connectivity index is 1.89. The number of amides is 1. The molecule has 1 amide bonds. The molecule has 3 nitrogen and oxygen atoms in total. The van der Waals surface area contributed by atoms with Crippen molar-refractivity contribution < 1.29 is 4.79 Å². The first-order chi connectivity index (χ1) is 9.08. The number of carbonyl (C=O) groups is 1. The molecule has 1 aliphatic heterocycles. The van der Waals surface area contributed by atoms with Gasteiger partial charge in [-0.05, 0) is 43.3 Å². The first-order valence-electron chi connectivity index (χ1n) is 6.31. The van der Waals surface area contributed by atoms with Gasteiger partial charge in [0.15, 0.2) is 0 Å². The second kappa shape index (κ2) is 4.65. The van der Waals surface area contributed by atoms with E-state index in [1.54, 1.807) is 17.4 Å². The van der Waals surface area contributed by atoms with Crippen LogP contribution in [0.2, 0.25) is 0 Å². The van der Waals surface area contributed by atoms with Gasteiger partial charge in [-0.25, -0.2) is 0 Å². The average Bonchev–Trinajstić information content (AvgIpc) is 2.97. The van der Waals surface area contributed by atoms with E-state index in [9.17, 15) is 4.79 Å². The third-order valence-corrected chi connectivity index (χ3v) is 5.76. The Morgan fingerprint density at radius 1 is 1.53 bits per heavy atom. The summed E-state index contributed by atoms with van der Waals surface area (Å²) in [6.07, 6.45) is 0.961. The van der Waals surface area contributed by atoms with Crippen LogP contribution in [0.5, 0.6) is 0 Å². The molecule has 1 unspecified atom stereocenters. The number of nitrogen functional groups attached to an aromatic ring is 1. The van der Waals surface area contributed by atoms with Crippen molar-refractivity contribution in [2.24, 2.45) is 0 Å². The molecule has 0 spiro atoms. The monoisotopic (exact) mass is 292 g/mol. The third kappa shape index (κ3) is 2.07. The summed E-state index contributed by atoms with van der Waals surface area (Å²) in [5, 5.41) is 2.11. The highest BCUT2D eigenvalue weighted by Gasteiger charge is 2.29. The normalized spacial score (nSPS) is 18.4. The molecule has 0 radical (unpaired) electrons. The standard InChI is InChI=1S/C14H16N2OS2/c1-8-10-4-6-18-12(10)3-5-16(8)14(17)13-7-11(15)9(2)19-13/h4,6-8H,3,5,15H2,1-2H3. The highest BCUT2D eigenvalue weighted by molar-refractivity contribution is 7.14. The predicted octanol–water partition coefficient (Wildman–Crippen LogP) is 3.46. The van der Waals surface area contributed by atoms with Crippen molar-refractivity contribution in [3.05, 3.63) is 37.7 Å². The van der Waals surface area contributed by atoms with Crippen molar-refractivity contribution in [3.8, 4) is 0 Å². The summed E-state index contributed by atoms with van der Waals surface area (Å²) in [6.45, 7) is 4.85. The largest absolute Gasteiger partial charge is 0.398 e. The smallest absolute Gasteiger partial charge is 0.264 e. The number of thiophene rings is 2. The molecule has 0 aliphatic carbocycles. The first-order valence-corrected chi connectivity index (χ1v) is 8.00. The molecule has 2 aromatic rings. The number of hydrogen-bond acceptors (Lipinski definition) is 4. The Kier molecular flexibility index (Phi) is 3.11. The lowest BCUT2D eigenvalue weighted by Gasteiger charge is -2.33. The minimum Gasteiger partial charge on any atom is -0.398 e. The van der Waals surface area contributed by atoms with Gasteiger partial charge < -0.3 is 10.6 Å². The number of nitrogens with two attached hydrogens (primary N) is 1. The summed E-state index contributed by atoms with van der Waals surface area (Å²) in [6, 6.07) is 4.10. The van der Waals surface area contributed by atoms with E-state index in [-0.39, 0.29) is 11.9 Å². The zero-order valence-electron chi connectivity index (χ0n) is 11.0. The van der Waals surface area contributed by atoms with Crippen LogP contribution in [0.3, 0.4) is 0 Å². The zero-order chi connectivity index (χ0) is 13.6. The average molecular weight is 292 g/mol. The molecule has 0 fully saturated rings. The molecule has 2 N–H and O–H groups in total. The van der Waals surface area contributed by atoms with Crippen LogP contribution in [0.15, 0.2) is 17.5 Å². The zero-order valence-corrected chi connectivity index (χ0v) is 12.6. The van der Waals surface area contributed by atoms with Crippen LogP contribution < -0.4 is 5.73 Å². The Morgan fingerprint density at radius 2 is 2.32 bits per heavy atom. The Bertz CT molecular complexity index is 610. The van der Waals surface area contributed by atoms with Crippen LogP contribution in [0.4, 0.5) is 5.69 Å². The molecule has 3 heterocycles. The molecule has 2 aromatic heterocycles. The summed E-state index contributed by atoms with van der Waals surface area (Å²) in [5.41, 5.74) is 7.86. The molecule has 3 rings (SSSR count). The lowest BCUT2D eigenvalue weighted by molar-refractivity contribution is 0.0684. The van der Waals surface area contributed by atoms with Gasteiger partial charge in [0.2, 0.25) is 0 Å². The number of fused-ring (bicyclic) bond motifs is 1. The minimum atomic E-state index is 0.106.